The number of sulfonamides is 1. The molecule has 0 aromatic heterocycles. The van der Waals surface area contributed by atoms with Crippen LogP contribution >= 0.6 is 23.2 Å². The maximum atomic E-state index is 13.9. The number of carbonyl (C=O) groups is 3. The molecule has 0 saturated heterocycles. The van der Waals surface area contributed by atoms with E-state index in [4.69, 9.17) is 23.2 Å². The molecule has 8 nitrogen and oxygen atoms in total. The quantitative estimate of drug-likeness (QED) is 0.329. The molecule has 1 heterocycles. The molecular weight excluding hydrogens is 585 g/mol. The van der Waals surface area contributed by atoms with Gasteiger partial charge < -0.3 is 10.2 Å². The number of fused-ring (bicyclic) bond motifs is 1. The normalized spacial score (nSPS) is 14.6. The molecule has 1 aliphatic rings. The summed E-state index contributed by atoms with van der Waals surface area (Å²) in [6.07, 6.45) is -0.110. The molecule has 4 rings (SSSR count). The van der Waals surface area contributed by atoms with Gasteiger partial charge in [-0.2, -0.15) is 0 Å². The number of nitrogens with zero attached hydrogens (tertiary/aromatic N) is 2. The first kappa shape index (κ1) is 30.6. The molecule has 3 amide bonds. The third kappa shape index (κ3) is 7.09. The lowest BCUT2D eigenvalue weighted by Crippen LogP contribution is -2.51. The molecule has 0 spiro atoms. The van der Waals surface area contributed by atoms with E-state index in [1.54, 1.807) is 30.3 Å². The van der Waals surface area contributed by atoms with Crippen molar-refractivity contribution in [3.63, 3.8) is 0 Å². The minimum absolute atomic E-state index is 0.0254. The third-order valence-electron chi connectivity index (χ3n) is 6.75. The number of nitrogens with one attached hydrogen (secondary N) is 1. The summed E-state index contributed by atoms with van der Waals surface area (Å²) in [4.78, 5) is 41.7. The first-order valence-electron chi connectivity index (χ1n) is 13.2. The summed E-state index contributed by atoms with van der Waals surface area (Å²) in [5, 5.41) is 3.67. The molecule has 216 valence electrons. The predicted octanol–water partition coefficient (Wildman–Crippen LogP) is 4.94. The highest BCUT2D eigenvalue weighted by Crippen LogP contribution is 2.30. The van der Waals surface area contributed by atoms with Gasteiger partial charge in [0.1, 0.15) is 10.9 Å². The molecule has 1 atom stereocenters. The second-order valence-corrected chi connectivity index (χ2v) is 12.9. The van der Waals surface area contributed by atoms with Gasteiger partial charge in [0.05, 0.1) is 5.56 Å². The van der Waals surface area contributed by atoms with Crippen molar-refractivity contribution >= 4 is 50.9 Å². The minimum atomic E-state index is -4.09. The van der Waals surface area contributed by atoms with Crippen LogP contribution < -0.4 is 5.32 Å². The van der Waals surface area contributed by atoms with Gasteiger partial charge in [-0.15, -0.1) is 0 Å². The Bertz CT molecular complexity index is 1550. The predicted molar refractivity (Wildman–Crippen MR) is 158 cm³/mol. The van der Waals surface area contributed by atoms with E-state index in [0.29, 0.717) is 26.5 Å². The van der Waals surface area contributed by atoms with Gasteiger partial charge in [0.15, 0.2) is 0 Å². The first-order valence-corrected chi connectivity index (χ1v) is 15.4. The van der Waals surface area contributed by atoms with Gasteiger partial charge in [-0.25, -0.2) is 12.7 Å². The van der Waals surface area contributed by atoms with Crippen molar-refractivity contribution in [1.82, 2.24) is 14.5 Å². The molecule has 41 heavy (non-hydrogen) atoms. The fourth-order valence-electron chi connectivity index (χ4n) is 4.60. The Kier molecular flexibility index (Phi) is 9.73. The largest absolute Gasteiger partial charge is 0.354 e. The Labute approximate surface area is 250 Å². The van der Waals surface area contributed by atoms with Crippen LogP contribution in [0.2, 0.25) is 10.0 Å². The second-order valence-electron chi connectivity index (χ2n) is 10.2. The van der Waals surface area contributed by atoms with Crippen molar-refractivity contribution in [2.24, 2.45) is 5.92 Å². The fraction of sp³-hybridized carbons (Fsp3) is 0.300. The zero-order valence-corrected chi connectivity index (χ0v) is 25.0. The smallest absolute Gasteiger partial charge is 0.269 e. The van der Waals surface area contributed by atoms with E-state index in [1.165, 1.54) is 17.0 Å². The highest BCUT2D eigenvalue weighted by atomic mass is 35.5. The summed E-state index contributed by atoms with van der Waals surface area (Å²) in [6.45, 7) is 3.95. The van der Waals surface area contributed by atoms with Crippen molar-refractivity contribution in [2.75, 3.05) is 13.1 Å². The minimum Gasteiger partial charge on any atom is -0.354 e. The molecule has 1 unspecified atom stereocenters. The van der Waals surface area contributed by atoms with Crippen LogP contribution in [0.4, 0.5) is 0 Å². The molecule has 0 bridgehead atoms. The molecule has 3 aromatic rings. The molecule has 0 aliphatic carbocycles. The third-order valence-corrected chi connectivity index (χ3v) is 9.18. The number of carbonyl (C=O) groups excluding carboxylic acids is 3. The number of rotatable bonds is 11. The Morgan fingerprint density at radius 1 is 0.976 bits per heavy atom. The van der Waals surface area contributed by atoms with Crippen LogP contribution in [0.3, 0.4) is 0 Å². The van der Waals surface area contributed by atoms with E-state index in [1.807, 2.05) is 44.2 Å². The number of amides is 3. The zero-order chi connectivity index (χ0) is 29.7. The molecule has 11 heteroatoms. The van der Waals surface area contributed by atoms with Crippen LogP contribution in [0.5, 0.6) is 0 Å². The maximum absolute atomic E-state index is 13.9. The van der Waals surface area contributed by atoms with Gasteiger partial charge in [-0.1, -0.05) is 85.6 Å². The van der Waals surface area contributed by atoms with E-state index in [9.17, 15) is 22.8 Å². The van der Waals surface area contributed by atoms with Crippen molar-refractivity contribution in [3.8, 4) is 0 Å². The SMILES string of the molecule is CC(C)CNC(=O)C(Cc1ccccc1)N(Cc1ccc(Cl)cc1Cl)C(=O)CCN1C(=O)c2ccccc2S1(=O)=O. The summed E-state index contributed by atoms with van der Waals surface area (Å²) in [5.41, 5.74) is 1.47. The van der Waals surface area contributed by atoms with E-state index in [2.05, 4.69) is 5.32 Å². The highest BCUT2D eigenvalue weighted by molar-refractivity contribution is 7.90. The molecule has 0 radical (unpaired) electrons. The summed E-state index contributed by atoms with van der Waals surface area (Å²) in [7, 11) is -4.09. The lowest BCUT2D eigenvalue weighted by atomic mass is 10.0. The summed E-state index contributed by atoms with van der Waals surface area (Å²) >= 11 is 12.5. The van der Waals surface area contributed by atoms with Gasteiger partial charge >= 0.3 is 0 Å². The van der Waals surface area contributed by atoms with Crippen LogP contribution in [0.15, 0.2) is 77.7 Å². The molecule has 0 saturated carbocycles. The molecule has 3 aromatic carbocycles. The summed E-state index contributed by atoms with van der Waals surface area (Å²) in [5.74, 6) is -1.36. The maximum Gasteiger partial charge on any atom is 0.269 e. The number of halogens is 2. The lowest BCUT2D eigenvalue weighted by molar-refractivity contribution is -0.141. The molecule has 1 N–H and O–H groups in total. The van der Waals surface area contributed by atoms with Crippen LogP contribution in [-0.4, -0.2) is 54.5 Å². The number of benzene rings is 3. The average molecular weight is 617 g/mol. The van der Waals surface area contributed by atoms with Crippen LogP contribution in [0, 0.1) is 5.92 Å². The van der Waals surface area contributed by atoms with Gasteiger partial charge in [0.25, 0.3) is 15.9 Å². The van der Waals surface area contributed by atoms with Gasteiger partial charge in [-0.3, -0.25) is 14.4 Å². The van der Waals surface area contributed by atoms with Crippen LogP contribution in [0.25, 0.3) is 0 Å². The summed E-state index contributed by atoms with van der Waals surface area (Å²) in [6, 6.07) is 19.2. The first-order chi connectivity index (χ1) is 19.5. The Morgan fingerprint density at radius 3 is 2.32 bits per heavy atom. The van der Waals surface area contributed by atoms with E-state index in [0.717, 1.165) is 5.56 Å². The Balaban J connectivity index is 1.65. The number of hydrogen-bond donors (Lipinski definition) is 1. The van der Waals surface area contributed by atoms with Crippen molar-refractivity contribution < 1.29 is 22.8 Å². The standard InChI is InChI=1S/C30H31Cl2N3O5S/c1-20(2)18-33-29(37)26(16-21-8-4-3-5-9-21)34(19-22-12-13-23(31)17-25(22)32)28(36)14-15-35-30(38)24-10-6-7-11-27(24)41(35,39)40/h3-13,17,20,26H,14-16,18-19H2,1-2H3,(H,33,37). The Hall–Kier alpha value is -3.40. The monoisotopic (exact) mass is 615 g/mol. The van der Waals surface area contributed by atoms with E-state index >= 15 is 0 Å². The van der Waals surface area contributed by atoms with Crippen LogP contribution in [0.1, 0.15) is 41.8 Å². The second kappa shape index (κ2) is 13.1. The highest BCUT2D eigenvalue weighted by Gasteiger charge is 2.41. The molecular formula is C30H31Cl2N3O5S. The lowest BCUT2D eigenvalue weighted by Gasteiger charge is -2.32. The Morgan fingerprint density at radius 2 is 1.66 bits per heavy atom. The van der Waals surface area contributed by atoms with E-state index in [-0.39, 0.29) is 48.2 Å². The number of hydrogen-bond acceptors (Lipinski definition) is 5. The van der Waals surface area contributed by atoms with Gasteiger partial charge in [-0.05, 0) is 41.3 Å². The van der Waals surface area contributed by atoms with Gasteiger partial charge in [0.2, 0.25) is 11.8 Å². The zero-order valence-electron chi connectivity index (χ0n) is 22.7. The van der Waals surface area contributed by atoms with E-state index < -0.39 is 27.9 Å². The fourth-order valence-corrected chi connectivity index (χ4v) is 6.64. The molecule has 1 aliphatic heterocycles. The molecule has 0 fully saturated rings. The summed E-state index contributed by atoms with van der Waals surface area (Å²) < 4.78 is 26.8. The van der Waals surface area contributed by atoms with Gasteiger partial charge in [0, 0.05) is 42.5 Å². The van der Waals surface area contributed by atoms with Crippen molar-refractivity contribution in [3.05, 3.63) is 99.5 Å². The van der Waals surface area contributed by atoms with Crippen molar-refractivity contribution in [2.45, 2.75) is 44.2 Å². The van der Waals surface area contributed by atoms with Crippen LogP contribution in [-0.2, 0) is 32.6 Å². The average Bonchev–Trinajstić information content (AvgIpc) is 3.14. The topological polar surface area (TPSA) is 104 Å². The van der Waals surface area contributed by atoms with Crippen molar-refractivity contribution in [1.29, 1.82) is 0 Å².